The maximum absolute atomic E-state index is 5.58. The topological polar surface area (TPSA) is 19.7 Å². The van der Waals surface area contributed by atoms with Crippen molar-refractivity contribution in [2.45, 2.75) is 20.3 Å². The van der Waals surface area contributed by atoms with Crippen LogP contribution >= 0.6 is 12.2 Å². The van der Waals surface area contributed by atoms with Crippen LogP contribution in [0.3, 0.4) is 0 Å². The zero-order valence-corrected chi connectivity index (χ0v) is 12.9. The maximum Gasteiger partial charge on any atom is 0.173 e. The van der Waals surface area contributed by atoms with E-state index >= 15 is 0 Å². The van der Waals surface area contributed by atoms with Crippen LogP contribution in [-0.2, 0) is 0 Å². The largest absolute Gasteiger partial charge is 0.343 e. The van der Waals surface area contributed by atoms with Gasteiger partial charge in [0.25, 0.3) is 0 Å². The van der Waals surface area contributed by atoms with Gasteiger partial charge in [0.05, 0.1) is 26.7 Å². The number of hydrogen-bond acceptors (Lipinski definition) is 1. The second kappa shape index (κ2) is 6.35. The highest BCUT2D eigenvalue weighted by Gasteiger charge is 2.17. The van der Waals surface area contributed by atoms with Gasteiger partial charge in [-0.05, 0) is 37.2 Å². The standard InChI is InChI=1S/C15H23N3S/c1-12-6-4-7-13(2)14(12)16-15(19)18-9-5-8-17(3)10-11-18/h4,6-7H,5,8-11H2,1-3H3,(H,16,19)/p+1. The van der Waals surface area contributed by atoms with E-state index in [0.29, 0.717) is 0 Å². The third kappa shape index (κ3) is 3.67. The molecule has 2 rings (SSSR count). The Hall–Kier alpha value is -1.13. The molecule has 0 bridgehead atoms. The Bertz CT molecular complexity index is 438. The molecule has 1 aromatic carbocycles. The van der Waals surface area contributed by atoms with Gasteiger partial charge < -0.3 is 15.1 Å². The number of rotatable bonds is 1. The van der Waals surface area contributed by atoms with Gasteiger partial charge in [0.2, 0.25) is 0 Å². The Balaban J connectivity index is 2.04. The van der Waals surface area contributed by atoms with E-state index < -0.39 is 0 Å². The zero-order valence-electron chi connectivity index (χ0n) is 12.1. The molecule has 1 aliphatic rings. The van der Waals surface area contributed by atoms with Crippen molar-refractivity contribution in [1.82, 2.24) is 4.90 Å². The molecule has 2 N–H and O–H groups in total. The number of likely N-dealkylation sites (N-methyl/N-ethyl adjacent to an activating group) is 1. The second-order valence-corrected chi connectivity index (χ2v) is 5.88. The van der Waals surface area contributed by atoms with Crippen molar-refractivity contribution < 1.29 is 4.90 Å². The SMILES string of the molecule is Cc1cccc(C)c1NC(=S)N1CCC[NH+](C)CC1. The van der Waals surface area contributed by atoms with Crippen LogP contribution < -0.4 is 10.2 Å². The van der Waals surface area contributed by atoms with E-state index in [1.54, 1.807) is 4.90 Å². The fourth-order valence-electron chi connectivity index (χ4n) is 2.54. The zero-order chi connectivity index (χ0) is 13.8. The molecule has 3 nitrogen and oxygen atoms in total. The molecule has 0 aromatic heterocycles. The molecular weight excluding hydrogens is 254 g/mol. The number of para-hydroxylation sites is 1. The van der Waals surface area contributed by atoms with Crippen LogP contribution in [0, 0.1) is 13.8 Å². The number of anilines is 1. The van der Waals surface area contributed by atoms with Gasteiger partial charge in [-0.15, -0.1) is 0 Å². The fraction of sp³-hybridized carbons (Fsp3) is 0.533. The van der Waals surface area contributed by atoms with Crippen molar-refractivity contribution >= 4 is 23.0 Å². The lowest BCUT2D eigenvalue weighted by atomic mass is 10.1. The number of benzene rings is 1. The van der Waals surface area contributed by atoms with Crippen molar-refractivity contribution in [1.29, 1.82) is 0 Å². The quantitative estimate of drug-likeness (QED) is 0.754. The molecule has 0 aliphatic carbocycles. The highest BCUT2D eigenvalue weighted by molar-refractivity contribution is 7.80. The van der Waals surface area contributed by atoms with E-state index in [2.05, 4.69) is 49.3 Å². The predicted octanol–water partition coefficient (Wildman–Crippen LogP) is 1.22. The highest BCUT2D eigenvalue weighted by atomic mass is 32.1. The van der Waals surface area contributed by atoms with Gasteiger partial charge in [-0.3, -0.25) is 0 Å². The Labute approximate surface area is 121 Å². The molecule has 0 saturated carbocycles. The summed E-state index contributed by atoms with van der Waals surface area (Å²) in [6, 6.07) is 6.33. The molecule has 0 amide bonds. The highest BCUT2D eigenvalue weighted by Crippen LogP contribution is 2.19. The van der Waals surface area contributed by atoms with E-state index in [1.165, 1.54) is 24.1 Å². The average Bonchev–Trinajstić information content (AvgIpc) is 2.59. The Morgan fingerprint density at radius 3 is 2.58 bits per heavy atom. The van der Waals surface area contributed by atoms with Crippen LogP contribution in [0.15, 0.2) is 18.2 Å². The van der Waals surface area contributed by atoms with E-state index in [9.17, 15) is 0 Å². The first-order chi connectivity index (χ1) is 9.08. The monoisotopic (exact) mass is 278 g/mol. The van der Waals surface area contributed by atoms with E-state index in [-0.39, 0.29) is 0 Å². The van der Waals surface area contributed by atoms with E-state index in [4.69, 9.17) is 12.2 Å². The molecular formula is C15H24N3S+. The van der Waals surface area contributed by atoms with Gasteiger partial charge in [0.15, 0.2) is 5.11 Å². The summed E-state index contributed by atoms with van der Waals surface area (Å²) in [5.74, 6) is 0. The Morgan fingerprint density at radius 1 is 1.21 bits per heavy atom. The van der Waals surface area contributed by atoms with Crippen LogP contribution in [0.2, 0.25) is 0 Å². The summed E-state index contributed by atoms with van der Waals surface area (Å²) in [5.41, 5.74) is 3.66. The average molecular weight is 278 g/mol. The number of aryl methyl sites for hydroxylation is 2. The number of hydrogen-bond donors (Lipinski definition) is 2. The van der Waals surface area contributed by atoms with Gasteiger partial charge in [-0.25, -0.2) is 0 Å². The molecule has 1 saturated heterocycles. The summed E-state index contributed by atoms with van der Waals surface area (Å²) in [4.78, 5) is 3.90. The van der Waals surface area contributed by atoms with Crippen LogP contribution in [0.25, 0.3) is 0 Å². The summed E-state index contributed by atoms with van der Waals surface area (Å²) in [6.07, 6.45) is 1.21. The fourth-order valence-corrected chi connectivity index (χ4v) is 2.82. The molecule has 1 aromatic rings. The summed E-state index contributed by atoms with van der Waals surface area (Å²) in [7, 11) is 2.26. The van der Waals surface area contributed by atoms with Gasteiger partial charge in [0, 0.05) is 18.7 Å². The van der Waals surface area contributed by atoms with Crippen LogP contribution in [0.5, 0.6) is 0 Å². The van der Waals surface area contributed by atoms with Gasteiger partial charge >= 0.3 is 0 Å². The summed E-state index contributed by atoms with van der Waals surface area (Å²) in [5, 5.41) is 4.31. The number of quaternary nitrogens is 1. The normalized spacial score (nSPS) is 19.9. The van der Waals surface area contributed by atoms with Crippen LogP contribution in [0.4, 0.5) is 5.69 Å². The minimum Gasteiger partial charge on any atom is -0.343 e. The first-order valence-corrected chi connectivity index (χ1v) is 7.42. The van der Waals surface area contributed by atoms with Crippen molar-refractivity contribution in [3.05, 3.63) is 29.3 Å². The summed E-state index contributed by atoms with van der Waals surface area (Å²) in [6.45, 7) is 8.75. The smallest absolute Gasteiger partial charge is 0.173 e. The Kier molecular flexibility index (Phi) is 4.77. The van der Waals surface area contributed by atoms with Gasteiger partial charge in [0.1, 0.15) is 0 Å². The molecule has 104 valence electrons. The van der Waals surface area contributed by atoms with Crippen LogP contribution in [-0.4, -0.2) is 43.2 Å². The second-order valence-electron chi connectivity index (χ2n) is 5.49. The third-order valence-electron chi connectivity index (χ3n) is 3.84. The van der Waals surface area contributed by atoms with Gasteiger partial charge in [-0.1, -0.05) is 18.2 Å². The summed E-state index contributed by atoms with van der Waals surface area (Å²) < 4.78 is 0. The molecule has 1 fully saturated rings. The summed E-state index contributed by atoms with van der Waals surface area (Å²) >= 11 is 5.58. The Morgan fingerprint density at radius 2 is 1.89 bits per heavy atom. The third-order valence-corrected chi connectivity index (χ3v) is 4.20. The van der Waals surface area contributed by atoms with Crippen LogP contribution in [0.1, 0.15) is 17.5 Å². The van der Waals surface area contributed by atoms with Gasteiger partial charge in [-0.2, -0.15) is 0 Å². The first kappa shape index (κ1) is 14.3. The number of nitrogens with one attached hydrogen (secondary N) is 2. The lowest BCUT2D eigenvalue weighted by molar-refractivity contribution is -0.877. The lowest BCUT2D eigenvalue weighted by Crippen LogP contribution is -3.09. The predicted molar refractivity (Wildman–Crippen MR) is 84.9 cm³/mol. The number of nitrogens with zero attached hydrogens (tertiary/aromatic N) is 1. The van der Waals surface area contributed by atoms with Crippen molar-refractivity contribution in [2.75, 3.05) is 38.5 Å². The molecule has 0 spiro atoms. The molecule has 1 heterocycles. The molecule has 1 aliphatic heterocycles. The van der Waals surface area contributed by atoms with E-state index in [1.807, 2.05) is 0 Å². The van der Waals surface area contributed by atoms with E-state index in [0.717, 1.165) is 30.4 Å². The molecule has 0 radical (unpaired) electrons. The minimum atomic E-state index is 0.868. The molecule has 1 unspecified atom stereocenters. The maximum atomic E-state index is 5.58. The molecule has 4 heteroatoms. The van der Waals surface area contributed by atoms with Crippen molar-refractivity contribution in [2.24, 2.45) is 0 Å². The minimum absolute atomic E-state index is 0.868. The molecule has 19 heavy (non-hydrogen) atoms. The lowest BCUT2D eigenvalue weighted by Gasteiger charge is -2.24. The molecule has 1 atom stereocenters. The first-order valence-electron chi connectivity index (χ1n) is 7.01. The van der Waals surface area contributed by atoms with Crippen molar-refractivity contribution in [3.8, 4) is 0 Å². The van der Waals surface area contributed by atoms with Crippen molar-refractivity contribution in [3.63, 3.8) is 0 Å². The number of thiocarbonyl (C=S) groups is 1.